The van der Waals surface area contributed by atoms with Crippen LogP contribution in [0.4, 0.5) is 11.4 Å². The molecule has 2 aliphatic carbocycles. The monoisotopic (exact) mass is 345 g/mol. The van der Waals surface area contributed by atoms with Crippen LogP contribution in [0.15, 0.2) is 48.2 Å². The Morgan fingerprint density at radius 3 is 2.81 bits per heavy atom. The number of benzene rings is 1. The Labute approximate surface area is 153 Å². The summed E-state index contributed by atoms with van der Waals surface area (Å²) >= 11 is 0. The van der Waals surface area contributed by atoms with Crippen LogP contribution in [-0.4, -0.2) is 17.3 Å². The Balaban J connectivity index is 1.65. The highest BCUT2D eigenvalue weighted by atomic mass is 16.1. The number of dihydropyridines is 1. The number of carbonyl (C=O) groups excluding carboxylic acids is 1. The van der Waals surface area contributed by atoms with E-state index in [0.717, 1.165) is 59.0 Å². The Morgan fingerprint density at radius 1 is 1.23 bits per heavy atom. The molecule has 3 aliphatic rings. The van der Waals surface area contributed by atoms with E-state index in [1.54, 1.807) is 0 Å². The van der Waals surface area contributed by atoms with Crippen molar-refractivity contribution in [2.24, 2.45) is 11.3 Å². The van der Waals surface area contributed by atoms with Crippen LogP contribution in [0.1, 0.15) is 42.0 Å². The van der Waals surface area contributed by atoms with Gasteiger partial charge in [0.25, 0.3) is 0 Å². The Hall–Kier alpha value is -2.75. The molecule has 1 aliphatic heterocycles. The van der Waals surface area contributed by atoms with Gasteiger partial charge in [0, 0.05) is 29.5 Å². The summed E-state index contributed by atoms with van der Waals surface area (Å²) in [6, 6.07) is 10.1. The fraction of sp³-hybridized carbons (Fsp3) is 0.318. The van der Waals surface area contributed by atoms with Gasteiger partial charge < -0.3 is 15.6 Å². The molecule has 4 nitrogen and oxygen atoms in total. The van der Waals surface area contributed by atoms with Crippen LogP contribution < -0.4 is 10.6 Å². The smallest absolute Gasteiger partial charge is 0.170 e. The predicted octanol–water partition coefficient (Wildman–Crippen LogP) is 4.41. The number of Topliss-reactive ketones (excluding diaryl/α,β-unsaturated/α-hetero) is 1. The normalized spacial score (nSPS) is 26.2. The number of rotatable bonds is 3. The molecule has 2 unspecified atom stereocenters. The maximum atomic E-state index is 13.1. The van der Waals surface area contributed by atoms with E-state index in [1.807, 2.05) is 30.3 Å². The molecule has 0 saturated heterocycles. The van der Waals surface area contributed by atoms with Gasteiger partial charge in [-0.1, -0.05) is 31.2 Å². The number of hydrogen-bond donors (Lipinski definition) is 3. The first-order valence-electron chi connectivity index (χ1n) is 9.29. The van der Waals surface area contributed by atoms with Gasteiger partial charge in [0.15, 0.2) is 5.78 Å². The summed E-state index contributed by atoms with van der Waals surface area (Å²) in [6.45, 7) is 5.11. The van der Waals surface area contributed by atoms with Crippen molar-refractivity contribution in [1.82, 2.24) is 10.3 Å². The molecule has 0 bridgehead atoms. The number of para-hydroxylation sites is 1. The number of fused-ring (bicyclic) bond motifs is 2. The topological polar surface area (TPSA) is 56.9 Å². The van der Waals surface area contributed by atoms with Crippen molar-refractivity contribution >= 4 is 22.7 Å². The van der Waals surface area contributed by atoms with Gasteiger partial charge >= 0.3 is 0 Å². The van der Waals surface area contributed by atoms with Crippen LogP contribution in [0.3, 0.4) is 0 Å². The summed E-state index contributed by atoms with van der Waals surface area (Å²) in [5.74, 6) is 0.485. The van der Waals surface area contributed by atoms with Crippen LogP contribution in [0.2, 0.25) is 0 Å². The third-order valence-electron chi connectivity index (χ3n) is 5.98. The second kappa shape index (κ2) is 5.37. The number of carbonyl (C=O) groups is 1. The van der Waals surface area contributed by atoms with E-state index in [9.17, 15) is 4.79 Å². The molecule has 0 spiro atoms. The zero-order valence-electron chi connectivity index (χ0n) is 15.1. The summed E-state index contributed by atoms with van der Waals surface area (Å²) in [6.07, 6.45) is 6.29. The van der Waals surface area contributed by atoms with Crippen LogP contribution >= 0.6 is 0 Å². The van der Waals surface area contributed by atoms with E-state index in [1.165, 1.54) is 0 Å². The molecule has 1 saturated carbocycles. The number of H-pyrrole nitrogens is 1. The molecule has 132 valence electrons. The molecule has 4 heteroatoms. The summed E-state index contributed by atoms with van der Waals surface area (Å²) in [7, 11) is 0. The summed E-state index contributed by atoms with van der Waals surface area (Å²) in [5, 5.41) is 6.86. The SMILES string of the molecule is CC1=CC(c2[nH]c3c(c2Nc2ccccc2)C(=O)C2CC2(C)C3)=CCN1. The van der Waals surface area contributed by atoms with Gasteiger partial charge in [-0.2, -0.15) is 0 Å². The molecular weight excluding hydrogens is 322 g/mol. The molecule has 0 amide bonds. The number of hydrogen-bond acceptors (Lipinski definition) is 3. The van der Waals surface area contributed by atoms with E-state index < -0.39 is 0 Å². The number of anilines is 2. The quantitative estimate of drug-likeness (QED) is 0.772. The molecule has 0 radical (unpaired) electrons. The van der Waals surface area contributed by atoms with Crippen molar-refractivity contribution < 1.29 is 4.79 Å². The van der Waals surface area contributed by atoms with Crippen molar-refractivity contribution in [3.8, 4) is 0 Å². The lowest BCUT2D eigenvalue weighted by Crippen LogP contribution is -2.19. The van der Waals surface area contributed by atoms with Gasteiger partial charge in [-0.15, -0.1) is 0 Å². The molecule has 1 aromatic carbocycles. The van der Waals surface area contributed by atoms with Crippen molar-refractivity contribution in [2.75, 3.05) is 11.9 Å². The minimum atomic E-state index is 0.157. The maximum Gasteiger partial charge on any atom is 0.170 e. The molecule has 1 fully saturated rings. The third kappa shape index (κ3) is 2.32. The first-order chi connectivity index (χ1) is 12.5. The third-order valence-corrected chi connectivity index (χ3v) is 5.98. The first kappa shape index (κ1) is 15.5. The van der Waals surface area contributed by atoms with E-state index in [-0.39, 0.29) is 11.3 Å². The van der Waals surface area contributed by atoms with Crippen molar-refractivity contribution in [3.63, 3.8) is 0 Å². The van der Waals surface area contributed by atoms with Crippen molar-refractivity contribution in [2.45, 2.75) is 26.7 Å². The van der Waals surface area contributed by atoms with Gasteiger partial charge in [0.2, 0.25) is 0 Å². The zero-order chi connectivity index (χ0) is 17.9. The molecule has 26 heavy (non-hydrogen) atoms. The number of ketones is 1. The van der Waals surface area contributed by atoms with Gasteiger partial charge in [-0.3, -0.25) is 4.79 Å². The lowest BCUT2D eigenvalue weighted by atomic mass is 9.87. The fourth-order valence-corrected chi connectivity index (χ4v) is 4.39. The highest BCUT2D eigenvalue weighted by Gasteiger charge is 2.58. The van der Waals surface area contributed by atoms with Gasteiger partial charge in [0.05, 0.1) is 16.9 Å². The molecular formula is C22H23N3O. The number of aromatic nitrogens is 1. The standard InChI is InChI=1S/C22H23N3O/c1-13-10-14(8-9-23-13)19-20(24-15-6-4-3-5-7-15)18-17(25-19)12-22(2)11-16(22)21(18)26/h3-8,10,16,23-25H,9,11-12H2,1-2H3. The van der Waals surface area contributed by atoms with E-state index in [4.69, 9.17) is 0 Å². The minimum absolute atomic E-state index is 0.157. The largest absolute Gasteiger partial charge is 0.385 e. The van der Waals surface area contributed by atoms with Crippen LogP contribution in [0.25, 0.3) is 5.57 Å². The predicted molar refractivity (Wildman–Crippen MR) is 105 cm³/mol. The fourth-order valence-electron chi connectivity index (χ4n) is 4.39. The Morgan fingerprint density at radius 2 is 2.04 bits per heavy atom. The zero-order valence-corrected chi connectivity index (χ0v) is 15.1. The highest BCUT2D eigenvalue weighted by molar-refractivity contribution is 6.10. The maximum absolute atomic E-state index is 13.1. The van der Waals surface area contributed by atoms with E-state index in [0.29, 0.717) is 5.78 Å². The lowest BCUT2D eigenvalue weighted by molar-refractivity contribution is 0.0941. The van der Waals surface area contributed by atoms with E-state index >= 15 is 0 Å². The molecule has 5 rings (SSSR count). The summed E-state index contributed by atoms with van der Waals surface area (Å²) < 4.78 is 0. The van der Waals surface area contributed by atoms with Crippen molar-refractivity contribution in [3.05, 3.63) is 65.1 Å². The second-order valence-electron chi connectivity index (χ2n) is 8.04. The molecule has 2 atom stereocenters. The Kier molecular flexibility index (Phi) is 3.20. The Bertz CT molecular complexity index is 967. The molecule has 2 aromatic rings. The van der Waals surface area contributed by atoms with Crippen LogP contribution in [0.5, 0.6) is 0 Å². The second-order valence-corrected chi connectivity index (χ2v) is 8.04. The van der Waals surface area contributed by atoms with Gasteiger partial charge in [-0.25, -0.2) is 0 Å². The number of aromatic amines is 1. The molecule has 3 N–H and O–H groups in total. The van der Waals surface area contributed by atoms with Gasteiger partial charge in [-0.05, 0) is 49.0 Å². The minimum Gasteiger partial charge on any atom is -0.385 e. The number of allylic oxidation sites excluding steroid dienone is 3. The lowest BCUT2D eigenvalue weighted by Gasteiger charge is -2.18. The van der Waals surface area contributed by atoms with Crippen molar-refractivity contribution in [1.29, 1.82) is 0 Å². The molecule has 2 heterocycles. The van der Waals surface area contributed by atoms with E-state index in [2.05, 4.69) is 41.6 Å². The van der Waals surface area contributed by atoms with Gasteiger partial charge in [0.1, 0.15) is 0 Å². The first-order valence-corrected chi connectivity index (χ1v) is 9.29. The average molecular weight is 345 g/mol. The highest BCUT2D eigenvalue weighted by Crippen LogP contribution is 2.60. The number of nitrogens with one attached hydrogen (secondary N) is 3. The summed E-state index contributed by atoms with van der Waals surface area (Å²) in [5.41, 5.74) is 7.36. The molecule has 1 aromatic heterocycles. The van der Waals surface area contributed by atoms with Crippen LogP contribution in [0, 0.1) is 11.3 Å². The van der Waals surface area contributed by atoms with Crippen LogP contribution in [-0.2, 0) is 6.42 Å². The average Bonchev–Trinajstić information content (AvgIpc) is 3.19. The summed E-state index contributed by atoms with van der Waals surface area (Å²) in [4.78, 5) is 16.7.